The van der Waals surface area contributed by atoms with Crippen LogP contribution in [0.5, 0.6) is 11.5 Å². The maximum Gasteiger partial charge on any atom is 0.586 e. The topological polar surface area (TPSA) is 59.6 Å². The van der Waals surface area contributed by atoms with Crippen LogP contribution in [0.2, 0.25) is 0 Å². The molecule has 0 bridgehead atoms. The second kappa shape index (κ2) is 4.67. The largest absolute Gasteiger partial charge is 0.586 e. The van der Waals surface area contributed by atoms with Crippen molar-refractivity contribution in [3.8, 4) is 11.5 Å². The molecule has 1 amide bonds. The highest BCUT2D eigenvalue weighted by Gasteiger charge is 2.43. The van der Waals surface area contributed by atoms with Crippen LogP contribution < -0.4 is 20.1 Å². The van der Waals surface area contributed by atoms with Gasteiger partial charge < -0.3 is 20.1 Å². The molecule has 0 atom stereocenters. The maximum atomic E-state index is 12.8. The molecule has 0 saturated heterocycles. The van der Waals surface area contributed by atoms with Crippen LogP contribution in [0.4, 0.5) is 14.5 Å². The number of hydrogen-bond acceptors (Lipinski definition) is 4. The number of carbonyl (C=O) groups is 1. The second-order valence-electron chi connectivity index (χ2n) is 3.74. The van der Waals surface area contributed by atoms with Crippen molar-refractivity contribution in [2.24, 2.45) is 0 Å². The number of benzene rings is 1. The van der Waals surface area contributed by atoms with E-state index in [0.29, 0.717) is 18.8 Å². The summed E-state index contributed by atoms with van der Waals surface area (Å²) in [7, 11) is 0. The SMILES string of the molecule is CC(=O)NCCNc1ccc2c(c1)OC(F)(F)O2. The van der Waals surface area contributed by atoms with E-state index in [-0.39, 0.29) is 17.4 Å². The molecule has 1 aliphatic rings. The molecule has 0 radical (unpaired) electrons. The van der Waals surface area contributed by atoms with Crippen LogP contribution in [-0.4, -0.2) is 25.3 Å². The van der Waals surface area contributed by atoms with Gasteiger partial charge in [-0.3, -0.25) is 4.79 Å². The fourth-order valence-corrected chi connectivity index (χ4v) is 1.50. The Morgan fingerprint density at radius 1 is 1.28 bits per heavy atom. The molecule has 0 aliphatic carbocycles. The summed E-state index contributed by atoms with van der Waals surface area (Å²) in [5, 5.41) is 5.57. The van der Waals surface area contributed by atoms with Crippen molar-refractivity contribution in [2.75, 3.05) is 18.4 Å². The Kier molecular flexibility index (Phi) is 3.22. The zero-order chi connectivity index (χ0) is 13.2. The molecule has 0 fully saturated rings. The molecule has 2 rings (SSSR count). The third-order valence-corrected chi connectivity index (χ3v) is 2.23. The van der Waals surface area contributed by atoms with E-state index in [1.54, 1.807) is 6.07 Å². The lowest BCUT2D eigenvalue weighted by atomic mass is 10.3. The maximum absolute atomic E-state index is 12.8. The minimum Gasteiger partial charge on any atom is -0.395 e. The lowest BCUT2D eigenvalue weighted by molar-refractivity contribution is -0.286. The van der Waals surface area contributed by atoms with Crippen molar-refractivity contribution in [3.05, 3.63) is 18.2 Å². The molecule has 0 aromatic heterocycles. The van der Waals surface area contributed by atoms with Gasteiger partial charge in [0.05, 0.1) is 0 Å². The van der Waals surface area contributed by atoms with Crippen LogP contribution in [0.15, 0.2) is 18.2 Å². The average molecular weight is 258 g/mol. The van der Waals surface area contributed by atoms with Crippen molar-refractivity contribution < 1.29 is 23.0 Å². The van der Waals surface area contributed by atoms with Crippen LogP contribution in [-0.2, 0) is 4.79 Å². The molecule has 98 valence electrons. The van der Waals surface area contributed by atoms with Crippen LogP contribution in [0, 0.1) is 0 Å². The molecule has 1 aromatic carbocycles. The summed E-state index contributed by atoms with van der Waals surface area (Å²) in [6.07, 6.45) is -3.60. The fourth-order valence-electron chi connectivity index (χ4n) is 1.50. The van der Waals surface area contributed by atoms with Gasteiger partial charge in [-0.1, -0.05) is 0 Å². The highest BCUT2D eigenvalue weighted by molar-refractivity contribution is 5.72. The van der Waals surface area contributed by atoms with E-state index >= 15 is 0 Å². The number of anilines is 1. The molecule has 1 aliphatic heterocycles. The van der Waals surface area contributed by atoms with Gasteiger partial charge >= 0.3 is 6.29 Å². The predicted molar refractivity (Wildman–Crippen MR) is 59.8 cm³/mol. The Hall–Kier alpha value is -2.05. The molecule has 2 N–H and O–H groups in total. The van der Waals surface area contributed by atoms with Gasteiger partial charge in [-0.2, -0.15) is 0 Å². The standard InChI is InChI=1S/C11H12F2N2O3/c1-7(16)14-4-5-15-8-2-3-9-10(6-8)18-11(12,13)17-9/h2-3,6,15H,4-5H2,1H3,(H,14,16). The smallest absolute Gasteiger partial charge is 0.395 e. The van der Waals surface area contributed by atoms with Gasteiger partial charge in [-0.25, -0.2) is 0 Å². The number of amides is 1. The average Bonchev–Trinajstić information content (AvgIpc) is 2.57. The zero-order valence-corrected chi connectivity index (χ0v) is 9.63. The van der Waals surface area contributed by atoms with Crippen LogP contribution in [0.1, 0.15) is 6.92 Å². The number of halogens is 2. The fraction of sp³-hybridized carbons (Fsp3) is 0.364. The first kappa shape index (κ1) is 12.4. The van der Waals surface area contributed by atoms with Gasteiger partial charge in [0, 0.05) is 31.8 Å². The highest BCUT2D eigenvalue weighted by Crippen LogP contribution is 2.42. The van der Waals surface area contributed by atoms with Crippen molar-refractivity contribution in [1.29, 1.82) is 0 Å². The van der Waals surface area contributed by atoms with Gasteiger partial charge in [0.1, 0.15) is 0 Å². The molecule has 1 aromatic rings. The zero-order valence-electron chi connectivity index (χ0n) is 9.63. The van der Waals surface area contributed by atoms with E-state index in [9.17, 15) is 13.6 Å². The Morgan fingerprint density at radius 2 is 2.00 bits per heavy atom. The first-order valence-electron chi connectivity index (χ1n) is 5.34. The minimum absolute atomic E-state index is 0.00686. The Bertz CT molecular complexity index is 466. The van der Waals surface area contributed by atoms with Gasteiger partial charge in [-0.15, -0.1) is 8.78 Å². The molecule has 18 heavy (non-hydrogen) atoms. The molecule has 7 heteroatoms. The molecule has 1 heterocycles. The molecule has 0 spiro atoms. The number of hydrogen-bond donors (Lipinski definition) is 2. The molecule has 5 nitrogen and oxygen atoms in total. The van der Waals surface area contributed by atoms with Gasteiger partial charge in [0.15, 0.2) is 11.5 Å². The first-order valence-corrected chi connectivity index (χ1v) is 5.34. The Balaban J connectivity index is 1.91. The summed E-state index contributed by atoms with van der Waals surface area (Å²) < 4.78 is 34.1. The van der Waals surface area contributed by atoms with Crippen molar-refractivity contribution >= 4 is 11.6 Å². The molecule has 0 saturated carbocycles. The van der Waals surface area contributed by atoms with Crippen molar-refractivity contribution in [3.63, 3.8) is 0 Å². The number of nitrogens with one attached hydrogen (secondary N) is 2. The lowest BCUT2D eigenvalue weighted by Gasteiger charge is -2.07. The summed E-state index contributed by atoms with van der Waals surface area (Å²) >= 11 is 0. The van der Waals surface area contributed by atoms with E-state index in [4.69, 9.17) is 0 Å². The summed E-state index contributed by atoms with van der Waals surface area (Å²) in [5.74, 6) is -0.126. The van der Waals surface area contributed by atoms with Crippen LogP contribution >= 0.6 is 0 Å². The van der Waals surface area contributed by atoms with Gasteiger partial charge in [0.25, 0.3) is 0 Å². The Labute approximate surface area is 102 Å². The summed E-state index contributed by atoms with van der Waals surface area (Å²) in [4.78, 5) is 10.6. The van der Waals surface area contributed by atoms with E-state index < -0.39 is 6.29 Å². The number of fused-ring (bicyclic) bond motifs is 1. The molecule has 0 unspecified atom stereocenters. The van der Waals surface area contributed by atoms with E-state index in [2.05, 4.69) is 20.1 Å². The molecular formula is C11H12F2N2O3. The monoisotopic (exact) mass is 258 g/mol. The number of carbonyl (C=O) groups excluding carboxylic acids is 1. The van der Waals surface area contributed by atoms with Gasteiger partial charge in [0.2, 0.25) is 5.91 Å². The second-order valence-corrected chi connectivity index (χ2v) is 3.74. The van der Waals surface area contributed by atoms with Gasteiger partial charge in [-0.05, 0) is 12.1 Å². The molecular weight excluding hydrogens is 246 g/mol. The highest BCUT2D eigenvalue weighted by atomic mass is 19.3. The van der Waals surface area contributed by atoms with E-state index in [1.165, 1.54) is 19.1 Å². The first-order chi connectivity index (χ1) is 8.46. The van der Waals surface area contributed by atoms with Crippen LogP contribution in [0.3, 0.4) is 0 Å². The lowest BCUT2D eigenvalue weighted by Crippen LogP contribution is -2.26. The summed E-state index contributed by atoms with van der Waals surface area (Å²) in [5.41, 5.74) is 0.611. The summed E-state index contributed by atoms with van der Waals surface area (Å²) in [6.45, 7) is 2.35. The number of alkyl halides is 2. The third-order valence-electron chi connectivity index (χ3n) is 2.23. The third kappa shape index (κ3) is 2.99. The van der Waals surface area contributed by atoms with E-state index in [1.807, 2.05) is 0 Å². The van der Waals surface area contributed by atoms with Crippen LogP contribution in [0.25, 0.3) is 0 Å². The normalized spacial score (nSPS) is 15.3. The van der Waals surface area contributed by atoms with Crippen molar-refractivity contribution in [1.82, 2.24) is 5.32 Å². The van der Waals surface area contributed by atoms with E-state index in [0.717, 1.165) is 0 Å². The Morgan fingerprint density at radius 3 is 2.72 bits per heavy atom. The summed E-state index contributed by atoms with van der Waals surface area (Å²) in [6, 6.07) is 4.42. The number of rotatable bonds is 4. The quantitative estimate of drug-likeness (QED) is 0.804. The van der Waals surface area contributed by atoms with Crippen molar-refractivity contribution in [2.45, 2.75) is 13.2 Å². The number of ether oxygens (including phenoxy) is 2. The predicted octanol–water partition coefficient (Wildman–Crippen LogP) is 1.56. The minimum atomic E-state index is -3.60.